The molecule has 1 aliphatic rings. The van der Waals surface area contributed by atoms with Crippen LogP contribution in [0.5, 0.6) is 5.75 Å². The molecule has 1 aromatic carbocycles. The highest BCUT2D eigenvalue weighted by molar-refractivity contribution is 5.97. The number of nitrogens with one attached hydrogen (secondary N) is 1. The minimum absolute atomic E-state index is 0.202. The van der Waals surface area contributed by atoms with Gasteiger partial charge in [-0.3, -0.25) is 4.68 Å². The molecule has 4 heterocycles. The second-order valence-corrected chi connectivity index (χ2v) is 8.31. The Morgan fingerprint density at radius 3 is 2.81 bits per heavy atom. The van der Waals surface area contributed by atoms with Gasteiger partial charge in [0.1, 0.15) is 18.2 Å². The van der Waals surface area contributed by atoms with Gasteiger partial charge in [-0.2, -0.15) is 5.10 Å². The largest absolute Gasteiger partial charge is 0.483 e. The van der Waals surface area contributed by atoms with Crippen LogP contribution in [-0.4, -0.2) is 34.0 Å². The van der Waals surface area contributed by atoms with Gasteiger partial charge in [0.15, 0.2) is 11.4 Å². The van der Waals surface area contributed by atoms with Crippen molar-refractivity contribution in [3.05, 3.63) is 60.5 Å². The van der Waals surface area contributed by atoms with Gasteiger partial charge in [-0.05, 0) is 50.6 Å². The van der Waals surface area contributed by atoms with E-state index in [4.69, 9.17) is 14.9 Å². The minimum atomic E-state index is -0.257. The van der Waals surface area contributed by atoms with Crippen molar-refractivity contribution in [2.24, 2.45) is 0 Å². The molecule has 1 aliphatic heterocycles. The number of fused-ring (bicyclic) bond motifs is 1. The fourth-order valence-electron chi connectivity index (χ4n) is 4.26. The fourth-order valence-corrected chi connectivity index (χ4v) is 4.26. The number of ether oxygens (including phenoxy) is 1. The number of piperidine rings is 1. The lowest BCUT2D eigenvalue weighted by molar-refractivity contribution is 0.223. The highest BCUT2D eigenvalue weighted by Gasteiger charge is 2.21. The van der Waals surface area contributed by atoms with Crippen LogP contribution in [0.3, 0.4) is 0 Å². The number of hydrogen-bond acceptors (Lipinski definition) is 6. The molecule has 0 bridgehead atoms. The van der Waals surface area contributed by atoms with Gasteiger partial charge in [0.05, 0.1) is 17.6 Å². The number of benzene rings is 1. The number of rotatable bonds is 6. The smallest absolute Gasteiger partial charge is 0.205 e. The van der Waals surface area contributed by atoms with Gasteiger partial charge in [-0.25, -0.2) is 9.37 Å². The van der Waals surface area contributed by atoms with Crippen molar-refractivity contribution in [1.82, 2.24) is 20.1 Å². The average Bonchev–Trinajstić information content (AvgIpc) is 3.45. The monoisotopic (exact) mass is 435 g/mol. The van der Waals surface area contributed by atoms with Crippen LogP contribution >= 0.6 is 0 Å². The zero-order valence-corrected chi connectivity index (χ0v) is 17.9. The summed E-state index contributed by atoms with van der Waals surface area (Å²) in [7, 11) is 0. The Balaban J connectivity index is 1.40. The molecule has 1 fully saturated rings. The first kappa shape index (κ1) is 20.5. The van der Waals surface area contributed by atoms with Gasteiger partial charge in [-0.15, -0.1) is 0 Å². The van der Waals surface area contributed by atoms with Crippen molar-refractivity contribution >= 4 is 16.8 Å². The lowest BCUT2D eigenvalue weighted by atomic mass is 10.1. The number of hydrogen-bond donors (Lipinski definition) is 2. The minimum Gasteiger partial charge on any atom is -0.483 e. The van der Waals surface area contributed by atoms with Crippen LogP contribution in [0.1, 0.15) is 31.4 Å². The highest BCUT2D eigenvalue weighted by atomic mass is 19.1. The van der Waals surface area contributed by atoms with Gasteiger partial charge in [0.2, 0.25) is 5.75 Å². The van der Waals surface area contributed by atoms with Crippen LogP contribution in [0.25, 0.3) is 22.1 Å². The summed E-state index contributed by atoms with van der Waals surface area (Å²) in [4.78, 5) is 4.34. The number of nitrogens with two attached hydrogens (primary N) is 1. The first-order chi connectivity index (χ1) is 15.6. The number of halogens is 1. The summed E-state index contributed by atoms with van der Waals surface area (Å²) >= 11 is 0. The Hall–Kier alpha value is -3.39. The molecule has 5 rings (SSSR count). The summed E-state index contributed by atoms with van der Waals surface area (Å²) in [5.74, 6) is 0.441. The topological polar surface area (TPSA) is 91.1 Å². The number of nitrogen functional groups attached to an aromatic ring is 1. The molecule has 3 aromatic heterocycles. The third-order valence-corrected chi connectivity index (χ3v) is 5.95. The Morgan fingerprint density at radius 2 is 2.03 bits per heavy atom. The van der Waals surface area contributed by atoms with E-state index >= 15 is 0 Å². The van der Waals surface area contributed by atoms with E-state index < -0.39 is 0 Å². The molecule has 0 radical (unpaired) electrons. The Labute approximate surface area is 185 Å². The van der Waals surface area contributed by atoms with E-state index in [2.05, 4.69) is 21.6 Å². The predicted octanol–water partition coefficient (Wildman–Crippen LogP) is 4.35. The molecule has 0 spiro atoms. The van der Waals surface area contributed by atoms with Crippen LogP contribution in [-0.2, 0) is 6.42 Å². The molecule has 0 amide bonds. The third-order valence-electron chi connectivity index (χ3n) is 5.95. The molecule has 0 aliphatic carbocycles. The maximum absolute atomic E-state index is 13.2. The number of nitrogens with zero attached hydrogens (tertiary/aromatic N) is 3. The molecule has 166 valence electrons. The maximum Gasteiger partial charge on any atom is 0.205 e. The van der Waals surface area contributed by atoms with E-state index in [-0.39, 0.29) is 17.7 Å². The van der Waals surface area contributed by atoms with Crippen molar-refractivity contribution in [2.45, 2.75) is 38.3 Å². The molecule has 3 N–H and O–H groups in total. The summed E-state index contributed by atoms with van der Waals surface area (Å²) in [6.45, 7) is 3.96. The molecule has 4 aromatic rings. The number of aromatic nitrogens is 3. The Morgan fingerprint density at radius 1 is 1.25 bits per heavy atom. The zero-order valence-electron chi connectivity index (χ0n) is 17.9. The molecule has 7 nitrogen and oxygen atoms in total. The van der Waals surface area contributed by atoms with Gasteiger partial charge >= 0.3 is 0 Å². The number of pyridine rings is 1. The highest BCUT2D eigenvalue weighted by Crippen LogP contribution is 2.38. The lowest BCUT2D eigenvalue weighted by Crippen LogP contribution is -2.29. The molecule has 8 heteroatoms. The molecular weight excluding hydrogens is 409 g/mol. The summed E-state index contributed by atoms with van der Waals surface area (Å²) in [5, 5.41) is 8.80. The molecule has 1 unspecified atom stereocenters. The van der Waals surface area contributed by atoms with Crippen LogP contribution in [0.4, 0.5) is 10.2 Å². The van der Waals surface area contributed by atoms with Gasteiger partial charge in [-0.1, -0.05) is 12.1 Å². The molecule has 0 saturated carbocycles. The van der Waals surface area contributed by atoms with Crippen LogP contribution in [0, 0.1) is 5.82 Å². The first-order valence-corrected chi connectivity index (χ1v) is 10.9. The molecule has 1 saturated heterocycles. The van der Waals surface area contributed by atoms with Crippen LogP contribution < -0.4 is 15.8 Å². The third kappa shape index (κ3) is 4.05. The van der Waals surface area contributed by atoms with Crippen molar-refractivity contribution in [3.63, 3.8) is 0 Å². The van der Waals surface area contributed by atoms with Crippen molar-refractivity contribution in [2.75, 3.05) is 18.8 Å². The number of anilines is 1. The maximum atomic E-state index is 13.2. The second-order valence-electron chi connectivity index (χ2n) is 8.31. The molecular formula is C24H26FN5O2. The van der Waals surface area contributed by atoms with Crippen molar-refractivity contribution < 1.29 is 13.5 Å². The standard InChI is InChI=1S/C24H26FN5O2/c1-15(10-16-2-4-18(25)5-3-16)32-23-22-20(12-28-24(23)26)21(14-31-22)17-11-29-30(13-17)19-6-8-27-9-7-19/h2-5,11-15,19,27H,6-10H2,1H3,(H2,26,28). The predicted molar refractivity (Wildman–Crippen MR) is 121 cm³/mol. The van der Waals surface area contributed by atoms with E-state index in [1.165, 1.54) is 12.1 Å². The van der Waals surface area contributed by atoms with E-state index in [9.17, 15) is 4.39 Å². The molecule has 32 heavy (non-hydrogen) atoms. The van der Waals surface area contributed by atoms with Gasteiger partial charge in [0.25, 0.3) is 0 Å². The van der Waals surface area contributed by atoms with Crippen molar-refractivity contribution in [3.8, 4) is 16.9 Å². The second kappa shape index (κ2) is 8.63. The Kier molecular flexibility index (Phi) is 5.53. The van der Waals surface area contributed by atoms with Crippen LogP contribution in [0.2, 0.25) is 0 Å². The summed E-state index contributed by atoms with van der Waals surface area (Å²) in [5.41, 5.74) is 9.55. The van der Waals surface area contributed by atoms with E-state index in [0.717, 1.165) is 48.0 Å². The fraction of sp³-hybridized carbons (Fsp3) is 0.333. The van der Waals surface area contributed by atoms with E-state index in [1.54, 1.807) is 24.6 Å². The van der Waals surface area contributed by atoms with E-state index in [0.29, 0.717) is 23.8 Å². The van der Waals surface area contributed by atoms with Crippen molar-refractivity contribution in [1.29, 1.82) is 0 Å². The Bertz CT molecular complexity index is 1210. The van der Waals surface area contributed by atoms with Crippen LogP contribution in [0.15, 0.2) is 53.5 Å². The zero-order chi connectivity index (χ0) is 22.1. The molecule has 1 atom stereocenters. The van der Waals surface area contributed by atoms with Gasteiger partial charge < -0.3 is 20.2 Å². The quantitative estimate of drug-likeness (QED) is 0.468. The van der Waals surface area contributed by atoms with Gasteiger partial charge in [0, 0.05) is 29.9 Å². The SMILES string of the molecule is CC(Cc1ccc(F)cc1)Oc1c(N)ncc2c(-c3cnn(C4CCNCC4)c3)coc12. The summed E-state index contributed by atoms with van der Waals surface area (Å²) < 4.78 is 27.2. The van der Waals surface area contributed by atoms with E-state index in [1.807, 2.05) is 17.8 Å². The number of furan rings is 1. The summed E-state index contributed by atoms with van der Waals surface area (Å²) in [6, 6.07) is 6.80. The first-order valence-electron chi connectivity index (χ1n) is 10.9. The lowest BCUT2D eigenvalue weighted by Gasteiger charge is -2.22. The normalized spacial score (nSPS) is 15.8. The summed E-state index contributed by atoms with van der Waals surface area (Å²) in [6.07, 6.45) is 9.87. The average molecular weight is 436 g/mol.